The Morgan fingerprint density at radius 2 is 1.02 bits per heavy atom. The minimum Gasteiger partial charge on any atom is -0.311 e. The number of para-hydroxylation sites is 3. The highest BCUT2D eigenvalue weighted by atomic mass is 15.1. The predicted molar refractivity (Wildman–Crippen MR) is 204 cm³/mol. The molecule has 1 aromatic heterocycles. The van der Waals surface area contributed by atoms with Crippen LogP contribution in [0, 0.1) is 0 Å². The van der Waals surface area contributed by atoms with Gasteiger partial charge >= 0.3 is 0 Å². The molecule has 0 saturated carbocycles. The zero-order valence-electron chi connectivity index (χ0n) is 37.6. The smallest absolute Gasteiger partial charge is 0.0645 e. The summed E-state index contributed by atoms with van der Waals surface area (Å²) in [4.78, 5) is 1.05. The van der Waals surface area contributed by atoms with E-state index in [9.17, 15) is 2.74 Å². The third-order valence-corrected chi connectivity index (χ3v) is 7.99. The van der Waals surface area contributed by atoms with Gasteiger partial charge in [0.15, 0.2) is 0 Å². The van der Waals surface area contributed by atoms with Crippen LogP contribution in [0.2, 0.25) is 0 Å². The van der Waals surface area contributed by atoms with Crippen molar-refractivity contribution in [1.29, 1.82) is 0 Å². The van der Waals surface area contributed by atoms with Gasteiger partial charge in [0.25, 0.3) is 0 Å². The molecule has 0 amide bonds. The third kappa shape index (κ3) is 5.72. The number of benzene rings is 7. The lowest BCUT2D eigenvalue weighted by Crippen LogP contribution is -2.09. The van der Waals surface area contributed by atoms with Crippen LogP contribution in [-0.2, 0) is 0 Å². The summed E-state index contributed by atoms with van der Waals surface area (Å²) < 4.78 is 105. The largest absolute Gasteiger partial charge is 0.311 e. The van der Waals surface area contributed by atoms with Crippen LogP contribution < -0.4 is 4.90 Å². The summed E-state index contributed by atoms with van der Waals surface area (Å²) in [5.41, 5.74) is 5.80. The molecule has 2 heteroatoms. The van der Waals surface area contributed by atoms with Crippen molar-refractivity contribution in [3.05, 3.63) is 205 Å². The Bertz CT molecular complexity index is 2860. The van der Waals surface area contributed by atoms with E-state index in [4.69, 9.17) is 13.7 Å². The molecule has 0 bridgehead atoms. The monoisotopic (exact) mass is 626 g/mol. The first-order valence-electron chi connectivity index (χ1n) is 21.4. The van der Waals surface area contributed by atoms with E-state index in [1.807, 2.05) is 84.9 Å². The van der Waals surface area contributed by atoms with E-state index in [0.717, 1.165) is 43.9 Å². The molecule has 0 N–H and O–H groups in total. The van der Waals surface area contributed by atoms with Gasteiger partial charge in [-0.05, 0) is 76.8 Å². The van der Waals surface area contributed by atoms with E-state index in [1.165, 1.54) is 24.3 Å². The lowest BCUT2D eigenvalue weighted by molar-refractivity contribution is 1.13. The zero-order valence-corrected chi connectivity index (χ0v) is 25.6. The molecule has 0 aliphatic carbocycles. The lowest BCUT2D eigenvalue weighted by atomic mass is 9.98. The van der Waals surface area contributed by atoms with Crippen LogP contribution in [0.1, 0.15) is 27.6 Å². The first-order valence-corrected chi connectivity index (χ1v) is 15.4. The van der Waals surface area contributed by atoms with E-state index in [2.05, 4.69) is 28.8 Å². The van der Waals surface area contributed by atoms with Crippen molar-refractivity contribution in [2.75, 3.05) is 4.90 Å². The Morgan fingerprint density at radius 1 is 0.500 bits per heavy atom. The molecule has 0 fully saturated rings. The van der Waals surface area contributed by atoms with Gasteiger partial charge in [0.1, 0.15) is 0 Å². The second-order valence-electron chi connectivity index (χ2n) is 10.9. The minimum atomic E-state index is -0.669. The van der Waals surface area contributed by atoms with Crippen LogP contribution in [-0.4, -0.2) is 4.57 Å². The van der Waals surface area contributed by atoms with E-state index in [1.54, 1.807) is 0 Å². The van der Waals surface area contributed by atoms with Gasteiger partial charge in [0.2, 0.25) is 0 Å². The molecule has 0 spiro atoms. The van der Waals surface area contributed by atoms with Gasteiger partial charge < -0.3 is 9.47 Å². The zero-order chi connectivity index (χ0) is 42.6. The molecule has 0 aliphatic rings. The van der Waals surface area contributed by atoms with Crippen LogP contribution in [0.25, 0.3) is 51.1 Å². The topological polar surface area (TPSA) is 8.17 Å². The van der Waals surface area contributed by atoms with Gasteiger partial charge in [0.05, 0.1) is 27.7 Å². The molecule has 8 rings (SSSR count). The maximum absolute atomic E-state index is 9.30. The molecule has 0 saturated heterocycles. The summed E-state index contributed by atoms with van der Waals surface area (Å²) in [6.07, 6.45) is 0. The van der Waals surface area contributed by atoms with Crippen LogP contribution >= 0.6 is 0 Å². The van der Waals surface area contributed by atoms with Crippen molar-refractivity contribution in [2.45, 2.75) is 0 Å². The molecule has 0 radical (unpaired) electrons. The second kappa shape index (κ2) is 13.2. The number of rotatable bonds is 8. The van der Waals surface area contributed by atoms with Gasteiger partial charge in [-0.25, -0.2) is 0 Å². The summed E-state index contributed by atoms with van der Waals surface area (Å²) >= 11 is 0. The normalized spacial score (nSPS) is 15.2. The van der Waals surface area contributed by atoms with Crippen molar-refractivity contribution in [2.24, 2.45) is 0 Å². The average Bonchev–Trinajstić information content (AvgIpc) is 3.63. The lowest BCUT2D eigenvalue weighted by Gasteiger charge is -2.25. The Kier molecular flexibility index (Phi) is 5.12. The number of hydrogen-bond donors (Lipinski definition) is 0. The molecule has 0 unspecified atom stereocenters. The standard InChI is InChI=1S/C46H34N2/c1-6-16-37(17-7-1)45-43-33-30-36(34-44(43)48(41-24-14-5-15-25-41)46(45)38-18-8-2-9-19-38)27-26-35-28-31-42(32-29-35)47(39-20-10-3-11-21-39)40-22-12-4-13-23-40/h1-34H/b27-26+/i3D,4D,10D,11D,12D,13D,20D,21D,22D,23D,26D,27D. The van der Waals surface area contributed by atoms with Crippen LogP contribution in [0.15, 0.2) is 194 Å². The minimum absolute atomic E-state index is 0.0823. The number of nitrogens with zero attached hydrogens (tertiary/aromatic N) is 2. The molecule has 2 nitrogen and oxygen atoms in total. The molecule has 48 heavy (non-hydrogen) atoms. The molecule has 1 heterocycles. The van der Waals surface area contributed by atoms with Crippen LogP contribution in [0.4, 0.5) is 17.1 Å². The Balaban J connectivity index is 1.30. The highest BCUT2D eigenvalue weighted by Crippen LogP contribution is 2.43. The fourth-order valence-electron chi connectivity index (χ4n) is 5.90. The predicted octanol–water partition coefficient (Wildman–Crippen LogP) is 12.6. The molecule has 0 aliphatic heterocycles. The summed E-state index contributed by atoms with van der Waals surface area (Å²) in [6, 6.07) is 35.0. The number of anilines is 3. The van der Waals surface area contributed by atoms with Gasteiger partial charge in [-0.1, -0.05) is 151 Å². The number of aromatic nitrogens is 1. The molecule has 8 aromatic rings. The van der Waals surface area contributed by atoms with E-state index < -0.39 is 71.8 Å². The van der Waals surface area contributed by atoms with E-state index in [0.29, 0.717) is 11.1 Å². The number of fused-ring (bicyclic) bond motifs is 1. The maximum Gasteiger partial charge on any atom is 0.0645 e. The van der Waals surface area contributed by atoms with Crippen molar-refractivity contribution in [1.82, 2.24) is 4.57 Å². The van der Waals surface area contributed by atoms with Crippen LogP contribution in [0.5, 0.6) is 0 Å². The molecule has 228 valence electrons. The quantitative estimate of drug-likeness (QED) is 0.152. The van der Waals surface area contributed by atoms with Gasteiger partial charge in [0, 0.05) is 33.7 Å². The Hall–Kier alpha value is -6.38. The molecular weight excluding hydrogens is 581 g/mol. The van der Waals surface area contributed by atoms with Gasteiger partial charge in [-0.2, -0.15) is 0 Å². The summed E-state index contributed by atoms with van der Waals surface area (Å²) in [6.45, 7) is 0. The van der Waals surface area contributed by atoms with E-state index >= 15 is 0 Å². The van der Waals surface area contributed by atoms with Crippen molar-refractivity contribution < 1.29 is 16.4 Å². The first-order chi connectivity index (χ1) is 28.8. The molecule has 0 atom stereocenters. The van der Waals surface area contributed by atoms with Crippen molar-refractivity contribution >= 4 is 40.1 Å². The Labute approximate surface area is 299 Å². The highest BCUT2D eigenvalue weighted by Gasteiger charge is 2.21. The summed E-state index contributed by atoms with van der Waals surface area (Å²) in [7, 11) is 0. The number of hydrogen-bond acceptors (Lipinski definition) is 1. The second-order valence-corrected chi connectivity index (χ2v) is 10.9. The van der Waals surface area contributed by atoms with Crippen molar-refractivity contribution in [3.8, 4) is 28.1 Å². The van der Waals surface area contributed by atoms with Crippen molar-refractivity contribution in [3.63, 3.8) is 0 Å². The first kappa shape index (κ1) is 18.7. The van der Waals surface area contributed by atoms with Gasteiger partial charge in [-0.3, -0.25) is 0 Å². The highest BCUT2D eigenvalue weighted by molar-refractivity contribution is 6.06. The Morgan fingerprint density at radius 3 is 1.62 bits per heavy atom. The third-order valence-electron chi connectivity index (χ3n) is 7.99. The van der Waals surface area contributed by atoms with Crippen LogP contribution in [0.3, 0.4) is 0 Å². The SMILES string of the molecule is [2H]/C(=C(/[2H])c1ccc2c(-c3ccccc3)c(-c3ccccc3)n(-c3ccccc3)c2c1)c1ccc(N(c2c([2H])c([2H])c([2H])c([2H])c2[2H])c2c([2H])c([2H])c([2H])c([2H])c2[2H])cc1. The maximum atomic E-state index is 9.30. The fourth-order valence-corrected chi connectivity index (χ4v) is 5.90. The summed E-state index contributed by atoms with van der Waals surface area (Å²) in [5, 5.41) is 0.955. The average molecular weight is 627 g/mol. The van der Waals surface area contributed by atoms with E-state index in [-0.39, 0.29) is 17.8 Å². The summed E-state index contributed by atoms with van der Waals surface area (Å²) in [5.74, 6) is 0. The van der Waals surface area contributed by atoms with Gasteiger partial charge in [-0.15, -0.1) is 0 Å². The molecule has 7 aromatic carbocycles. The molecular formula is C46H34N2. The fraction of sp³-hybridized carbons (Fsp3) is 0.